The number of amides is 1. The first-order chi connectivity index (χ1) is 16.0. The molecule has 3 N–H and O–H groups in total. The maximum atomic E-state index is 8.78. The third-order valence-electron chi connectivity index (χ3n) is 4.56. The highest BCUT2D eigenvalue weighted by atomic mass is 32.2. The molecule has 0 rings (SSSR count). The smallest absolute Gasteiger partial charge is 0.465 e. The first-order valence-corrected chi connectivity index (χ1v) is 17.0. The third kappa shape index (κ3) is 18.4. The molecule has 206 valence electrons. The fourth-order valence-electron chi connectivity index (χ4n) is 3.47. The van der Waals surface area contributed by atoms with Gasteiger partial charge in [-0.1, -0.05) is 6.42 Å². The zero-order valence-corrected chi connectivity index (χ0v) is 25.8. The van der Waals surface area contributed by atoms with Crippen LogP contribution in [0.25, 0.3) is 0 Å². The van der Waals surface area contributed by atoms with Crippen LogP contribution in [-0.2, 0) is 26.6 Å². The largest absolute Gasteiger partial charge is 0.500 e. The van der Waals surface area contributed by atoms with Crippen molar-refractivity contribution in [2.75, 3.05) is 39.6 Å². The maximum absolute atomic E-state index is 8.78. The van der Waals surface area contributed by atoms with Gasteiger partial charge in [-0.3, -0.25) is 0 Å². The van der Waals surface area contributed by atoms with Crippen LogP contribution in [0.4, 0.5) is 4.79 Å². The molecule has 0 atom stereocenters. The lowest BCUT2D eigenvalue weighted by atomic mass is 10.1. The Morgan fingerprint density at radius 3 is 1.24 bits per heavy atom. The monoisotopic (exact) mass is 563 g/mol. The SMILES string of the molecule is CCO[Si](CCCCC(S)(S)CCC[Si](OCC)(OCC)OCC)(OCC)OCC.NC(=O)O. The van der Waals surface area contributed by atoms with Gasteiger partial charge in [0.05, 0.1) is 4.08 Å². The van der Waals surface area contributed by atoms with Crippen molar-refractivity contribution in [3.63, 3.8) is 0 Å². The van der Waals surface area contributed by atoms with E-state index in [-0.39, 0.29) is 4.08 Å². The van der Waals surface area contributed by atoms with Crippen LogP contribution in [0, 0.1) is 0 Å². The van der Waals surface area contributed by atoms with Crippen LogP contribution >= 0.6 is 25.3 Å². The summed E-state index contributed by atoms with van der Waals surface area (Å²) in [6.07, 6.45) is 3.33. The molecule has 0 aliphatic carbocycles. The molecular weight excluding hydrogens is 515 g/mol. The summed E-state index contributed by atoms with van der Waals surface area (Å²) in [6.45, 7) is 15.6. The molecule has 9 nitrogen and oxygen atoms in total. The average Bonchev–Trinajstić information content (AvgIpc) is 2.72. The first-order valence-electron chi connectivity index (χ1n) is 12.3. The van der Waals surface area contributed by atoms with E-state index in [0.717, 1.165) is 44.2 Å². The van der Waals surface area contributed by atoms with Gasteiger partial charge in [-0.2, -0.15) is 25.3 Å². The molecule has 0 heterocycles. The molecule has 0 unspecified atom stereocenters. The Bertz CT molecular complexity index is 469. The summed E-state index contributed by atoms with van der Waals surface area (Å²) in [5.74, 6) is 0. The number of hydrogen-bond donors (Lipinski definition) is 4. The highest BCUT2D eigenvalue weighted by Crippen LogP contribution is 2.34. The lowest BCUT2D eigenvalue weighted by Crippen LogP contribution is -2.46. The van der Waals surface area contributed by atoms with Crippen LogP contribution in [0.2, 0.25) is 12.1 Å². The van der Waals surface area contributed by atoms with E-state index in [0.29, 0.717) is 39.6 Å². The van der Waals surface area contributed by atoms with Crippen LogP contribution in [0.15, 0.2) is 0 Å². The molecule has 13 heteroatoms. The second-order valence-electron chi connectivity index (χ2n) is 7.35. The van der Waals surface area contributed by atoms with Crippen molar-refractivity contribution in [2.45, 2.75) is 89.8 Å². The maximum Gasteiger partial charge on any atom is 0.500 e. The van der Waals surface area contributed by atoms with E-state index in [2.05, 4.69) is 5.73 Å². The zero-order chi connectivity index (χ0) is 26.5. The van der Waals surface area contributed by atoms with Crippen molar-refractivity contribution in [1.82, 2.24) is 0 Å². The number of carboxylic acid groups (broad SMARTS) is 1. The Labute approximate surface area is 220 Å². The van der Waals surface area contributed by atoms with E-state index in [1.807, 2.05) is 41.5 Å². The summed E-state index contributed by atoms with van der Waals surface area (Å²) in [5, 5.41) is 7.19. The van der Waals surface area contributed by atoms with Gasteiger partial charge in [-0.15, -0.1) is 0 Å². The Balaban J connectivity index is 0. The van der Waals surface area contributed by atoms with Gasteiger partial charge in [0, 0.05) is 51.7 Å². The molecular formula is C21H49NO8S2Si2. The lowest BCUT2D eigenvalue weighted by Gasteiger charge is -2.30. The minimum absolute atomic E-state index is 0.335. The fourth-order valence-corrected chi connectivity index (χ4v) is 9.40. The summed E-state index contributed by atoms with van der Waals surface area (Å²) < 4.78 is 35.3. The molecule has 0 aromatic rings. The zero-order valence-electron chi connectivity index (χ0n) is 22.0. The minimum atomic E-state index is -2.60. The van der Waals surface area contributed by atoms with Crippen molar-refractivity contribution < 1.29 is 36.5 Å². The van der Waals surface area contributed by atoms with Crippen LogP contribution in [0.1, 0.15) is 73.6 Å². The molecule has 0 fully saturated rings. The Morgan fingerprint density at radius 1 is 0.676 bits per heavy atom. The van der Waals surface area contributed by atoms with Gasteiger partial charge in [0.25, 0.3) is 0 Å². The molecule has 0 saturated carbocycles. The van der Waals surface area contributed by atoms with Crippen molar-refractivity contribution in [3.05, 3.63) is 0 Å². The van der Waals surface area contributed by atoms with Crippen molar-refractivity contribution in [3.8, 4) is 0 Å². The minimum Gasteiger partial charge on any atom is -0.465 e. The molecule has 0 aromatic heterocycles. The van der Waals surface area contributed by atoms with Gasteiger partial charge < -0.3 is 37.4 Å². The molecule has 0 aliphatic heterocycles. The molecule has 0 saturated heterocycles. The predicted molar refractivity (Wildman–Crippen MR) is 147 cm³/mol. The van der Waals surface area contributed by atoms with E-state index >= 15 is 0 Å². The molecule has 1 amide bonds. The normalized spacial score (nSPS) is 12.4. The van der Waals surface area contributed by atoms with Crippen molar-refractivity contribution in [1.29, 1.82) is 0 Å². The summed E-state index contributed by atoms with van der Waals surface area (Å²) in [6, 6.07) is 1.62. The third-order valence-corrected chi connectivity index (χ3v) is 11.8. The second kappa shape index (κ2) is 21.3. The summed E-state index contributed by atoms with van der Waals surface area (Å²) in [5.41, 5.74) is 4.03. The van der Waals surface area contributed by atoms with Crippen molar-refractivity contribution >= 4 is 49.0 Å². The average molecular weight is 564 g/mol. The molecule has 0 aliphatic rings. The van der Waals surface area contributed by atoms with Crippen LogP contribution in [-0.4, -0.2) is 72.5 Å². The van der Waals surface area contributed by atoms with Gasteiger partial charge in [-0.05, 0) is 67.2 Å². The standard InChI is InChI=1S/C20H46O6S2Si2.CH3NO2/c1-7-21-29(22-8-2,23-9-3)18-14-13-16-20(27,28)17-15-19-30(24-10-4,25-11-5)26-12-6;2-1(3)4/h27-28H,7-19H2,1-6H3;2H2,(H,3,4). The lowest BCUT2D eigenvalue weighted by molar-refractivity contribution is 0.0695. The van der Waals surface area contributed by atoms with Gasteiger partial charge in [0.2, 0.25) is 0 Å². The molecule has 0 aromatic carbocycles. The molecule has 0 bridgehead atoms. The second-order valence-corrected chi connectivity index (χ2v) is 14.9. The first kappa shape index (κ1) is 36.3. The number of hydrogen-bond acceptors (Lipinski definition) is 9. The van der Waals surface area contributed by atoms with Crippen LogP contribution in [0.3, 0.4) is 0 Å². The highest BCUT2D eigenvalue weighted by Gasteiger charge is 2.41. The van der Waals surface area contributed by atoms with Crippen LogP contribution < -0.4 is 5.73 Å². The number of thiol groups is 2. The number of rotatable bonds is 21. The fraction of sp³-hybridized carbons (Fsp3) is 0.952. The highest BCUT2D eigenvalue weighted by molar-refractivity contribution is 8.00. The Hall–Kier alpha value is 0.164. The molecule has 0 spiro atoms. The van der Waals surface area contributed by atoms with E-state index in [4.69, 9.17) is 61.7 Å². The summed E-state index contributed by atoms with van der Waals surface area (Å²) >= 11 is 9.63. The quantitative estimate of drug-likeness (QED) is 0.0650. The van der Waals surface area contributed by atoms with Gasteiger partial charge >= 0.3 is 23.7 Å². The summed E-state index contributed by atoms with van der Waals surface area (Å²) in [7, 11) is -5.16. The molecule has 0 radical (unpaired) electrons. The number of primary amides is 1. The Kier molecular flexibility index (Phi) is 22.7. The van der Waals surface area contributed by atoms with Crippen molar-refractivity contribution in [2.24, 2.45) is 5.73 Å². The topological polar surface area (TPSA) is 119 Å². The van der Waals surface area contributed by atoms with E-state index < -0.39 is 23.7 Å². The van der Waals surface area contributed by atoms with Gasteiger partial charge in [0.15, 0.2) is 0 Å². The van der Waals surface area contributed by atoms with Crippen LogP contribution in [0.5, 0.6) is 0 Å². The predicted octanol–water partition coefficient (Wildman–Crippen LogP) is 5.21. The summed E-state index contributed by atoms with van der Waals surface area (Å²) in [4.78, 5) is 8.78. The van der Waals surface area contributed by atoms with Gasteiger partial charge in [0.1, 0.15) is 0 Å². The van der Waals surface area contributed by atoms with E-state index in [9.17, 15) is 0 Å². The number of unbranched alkanes of at least 4 members (excludes halogenated alkanes) is 1. The Morgan fingerprint density at radius 2 is 0.941 bits per heavy atom. The number of carbonyl (C=O) groups is 1. The van der Waals surface area contributed by atoms with E-state index in [1.165, 1.54) is 0 Å². The number of nitrogens with two attached hydrogens (primary N) is 1. The molecule has 34 heavy (non-hydrogen) atoms. The van der Waals surface area contributed by atoms with E-state index in [1.54, 1.807) is 0 Å². The van der Waals surface area contributed by atoms with Gasteiger partial charge in [-0.25, -0.2) is 4.79 Å².